The average Bonchev–Trinajstić information content (AvgIpc) is 2.81. The van der Waals surface area contributed by atoms with Crippen LogP contribution in [-0.2, 0) is 20.2 Å². The maximum Gasteiger partial charge on any atom is 0.295 e. The molecule has 4 N–H and O–H groups in total. The molecule has 0 bridgehead atoms. The average molecular weight is 540 g/mol. The minimum Gasteiger partial charge on any atom is -0.399 e. The number of aryl methyl sites for hydroxylation is 2. The van der Waals surface area contributed by atoms with Gasteiger partial charge in [0.15, 0.2) is 0 Å². The van der Waals surface area contributed by atoms with Crippen molar-refractivity contribution in [3.05, 3.63) is 77.9 Å². The zero-order valence-electron chi connectivity index (χ0n) is 19.6. The van der Waals surface area contributed by atoms with Gasteiger partial charge in [0.25, 0.3) is 20.2 Å². The quantitative estimate of drug-likeness (QED) is 0.144. The maximum atomic E-state index is 11.9. The fraction of sp³-hybridized carbons (Fsp3) is 0.0833. The number of anilines is 1. The number of nitrogens with zero attached hydrogens (tertiary/aromatic N) is 4. The number of nitrogens with two attached hydrogens (primary N) is 1. The highest BCUT2D eigenvalue weighted by atomic mass is 32.2. The molecule has 0 amide bonds. The summed E-state index contributed by atoms with van der Waals surface area (Å²) < 4.78 is 65.7. The number of benzene rings is 4. The van der Waals surface area contributed by atoms with Crippen molar-refractivity contribution in [3.8, 4) is 0 Å². The van der Waals surface area contributed by atoms with Crippen LogP contribution in [-0.4, -0.2) is 25.9 Å². The molecule has 11 nitrogen and oxygen atoms in total. The van der Waals surface area contributed by atoms with Crippen molar-refractivity contribution in [1.29, 1.82) is 0 Å². The van der Waals surface area contributed by atoms with Crippen molar-refractivity contribution in [1.82, 2.24) is 0 Å². The van der Waals surface area contributed by atoms with E-state index in [-0.39, 0.29) is 16.5 Å². The van der Waals surface area contributed by atoms with Crippen LogP contribution in [0.3, 0.4) is 0 Å². The maximum absolute atomic E-state index is 11.9. The third kappa shape index (κ3) is 6.03. The van der Waals surface area contributed by atoms with E-state index in [9.17, 15) is 25.9 Å². The van der Waals surface area contributed by atoms with Crippen molar-refractivity contribution in [2.45, 2.75) is 23.6 Å². The molecule has 4 aromatic carbocycles. The van der Waals surface area contributed by atoms with Gasteiger partial charge in [-0.3, -0.25) is 9.11 Å². The summed E-state index contributed by atoms with van der Waals surface area (Å²) in [5.74, 6) is 0. The zero-order valence-corrected chi connectivity index (χ0v) is 21.2. The number of rotatable bonds is 6. The van der Waals surface area contributed by atoms with Crippen molar-refractivity contribution >= 4 is 59.4 Å². The van der Waals surface area contributed by atoms with Gasteiger partial charge in [-0.05, 0) is 91.0 Å². The Bertz CT molecular complexity index is 1820. The molecular weight excluding hydrogens is 518 g/mol. The summed E-state index contributed by atoms with van der Waals surface area (Å²) in [6, 6.07) is 16.5. The summed E-state index contributed by atoms with van der Waals surface area (Å²) in [5.41, 5.74) is 10.1. The second kappa shape index (κ2) is 9.78. The lowest BCUT2D eigenvalue weighted by Crippen LogP contribution is -2.04. The molecule has 0 saturated carbocycles. The van der Waals surface area contributed by atoms with Gasteiger partial charge < -0.3 is 5.73 Å². The molecule has 37 heavy (non-hydrogen) atoms. The zero-order chi connectivity index (χ0) is 27.0. The smallest absolute Gasteiger partial charge is 0.295 e. The Kier molecular flexibility index (Phi) is 6.88. The lowest BCUT2D eigenvalue weighted by molar-refractivity contribution is 0.482. The summed E-state index contributed by atoms with van der Waals surface area (Å²) in [7, 11) is -9.51. The van der Waals surface area contributed by atoms with Gasteiger partial charge in [-0.15, -0.1) is 0 Å². The van der Waals surface area contributed by atoms with Crippen LogP contribution in [0.15, 0.2) is 97.0 Å². The Hall–Kier alpha value is -4.04. The molecule has 0 fully saturated rings. The Morgan fingerprint density at radius 2 is 1.22 bits per heavy atom. The molecule has 0 aliphatic rings. The molecule has 0 radical (unpaired) electrons. The highest BCUT2D eigenvalue weighted by Gasteiger charge is 2.20. The largest absolute Gasteiger partial charge is 0.399 e. The van der Waals surface area contributed by atoms with Gasteiger partial charge in [0.05, 0.1) is 27.6 Å². The van der Waals surface area contributed by atoms with E-state index in [0.29, 0.717) is 28.8 Å². The first kappa shape index (κ1) is 26.0. The number of nitrogen functional groups attached to an aromatic ring is 1. The number of fused-ring (bicyclic) bond motifs is 1. The summed E-state index contributed by atoms with van der Waals surface area (Å²) >= 11 is 0. The summed E-state index contributed by atoms with van der Waals surface area (Å²) in [5, 5.41) is 17.0. The van der Waals surface area contributed by atoms with Gasteiger partial charge in [0, 0.05) is 11.1 Å². The normalized spacial score (nSPS) is 12.6. The Labute approximate surface area is 212 Å². The van der Waals surface area contributed by atoms with E-state index in [2.05, 4.69) is 20.5 Å². The van der Waals surface area contributed by atoms with Crippen molar-refractivity contribution in [2.24, 2.45) is 20.5 Å². The first-order valence-corrected chi connectivity index (χ1v) is 13.5. The van der Waals surface area contributed by atoms with Crippen LogP contribution in [0.4, 0.5) is 28.4 Å². The molecule has 0 unspecified atom stereocenters. The third-order valence-electron chi connectivity index (χ3n) is 5.40. The van der Waals surface area contributed by atoms with Crippen molar-refractivity contribution in [3.63, 3.8) is 0 Å². The standard InChI is InChI=1S/C24H21N5O6S2/c1-14-9-17(25)4-7-22(14)28-26-18-6-8-23(15(2)10-18)29-27-19-5-3-16-11-20(36(30,31)32)13-24(21(16)12-19)37(33,34)35/h3-13H,25H2,1-2H3,(H,30,31,32)(H,33,34,35). The first-order valence-electron chi connectivity index (χ1n) is 10.6. The highest BCUT2D eigenvalue weighted by molar-refractivity contribution is 7.86. The number of hydrogen-bond acceptors (Lipinski definition) is 9. The van der Waals surface area contributed by atoms with E-state index in [1.807, 2.05) is 19.9 Å². The molecular formula is C24H21N5O6S2. The van der Waals surface area contributed by atoms with Gasteiger partial charge in [-0.2, -0.15) is 37.3 Å². The van der Waals surface area contributed by atoms with E-state index in [1.54, 1.807) is 30.3 Å². The predicted molar refractivity (Wildman–Crippen MR) is 139 cm³/mol. The van der Waals surface area contributed by atoms with E-state index >= 15 is 0 Å². The molecule has 0 aliphatic heterocycles. The molecule has 0 atom stereocenters. The fourth-order valence-electron chi connectivity index (χ4n) is 3.54. The molecule has 4 aromatic rings. The molecule has 13 heteroatoms. The molecule has 4 rings (SSSR count). The van der Waals surface area contributed by atoms with E-state index < -0.39 is 30.0 Å². The molecule has 0 spiro atoms. The lowest BCUT2D eigenvalue weighted by atomic mass is 10.1. The van der Waals surface area contributed by atoms with Gasteiger partial charge >= 0.3 is 0 Å². The summed E-state index contributed by atoms with van der Waals surface area (Å²) in [6.45, 7) is 3.70. The minimum atomic E-state index is -4.81. The van der Waals surface area contributed by atoms with E-state index in [0.717, 1.165) is 17.2 Å². The topological polar surface area (TPSA) is 184 Å². The molecule has 190 valence electrons. The monoisotopic (exact) mass is 539 g/mol. The SMILES string of the molecule is Cc1cc(N)ccc1N=Nc1ccc(N=Nc2ccc3cc(S(=O)(=O)O)cc(S(=O)(=O)O)c3c2)c(C)c1. The Balaban J connectivity index is 1.64. The van der Waals surface area contributed by atoms with Crippen LogP contribution in [0.2, 0.25) is 0 Å². The molecule has 0 saturated heterocycles. The van der Waals surface area contributed by atoms with Crippen LogP contribution < -0.4 is 5.73 Å². The number of hydrogen-bond donors (Lipinski definition) is 3. The third-order valence-corrected chi connectivity index (χ3v) is 7.12. The van der Waals surface area contributed by atoms with Crippen LogP contribution in [0, 0.1) is 13.8 Å². The fourth-order valence-corrected chi connectivity index (χ4v) is 4.89. The predicted octanol–water partition coefficient (Wildman–Crippen LogP) is 6.36. The molecule has 0 heterocycles. The summed E-state index contributed by atoms with van der Waals surface area (Å²) in [4.78, 5) is -1.35. The van der Waals surface area contributed by atoms with Crippen LogP contribution in [0.5, 0.6) is 0 Å². The van der Waals surface area contributed by atoms with E-state index in [4.69, 9.17) is 5.73 Å². The Morgan fingerprint density at radius 3 is 1.78 bits per heavy atom. The van der Waals surface area contributed by atoms with Crippen LogP contribution in [0.25, 0.3) is 10.8 Å². The van der Waals surface area contributed by atoms with Gasteiger partial charge in [0.1, 0.15) is 4.90 Å². The van der Waals surface area contributed by atoms with Gasteiger partial charge in [0.2, 0.25) is 0 Å². The highest BCUT2D eigenvalue weighted by Crippen LogP contribution is 2.32. The number of azo groups is 2. The first-order chi connectivity index (χ1) is 17.3. The van der Waals surface area contributed by atoms with Crippen LogP contribution in [0.1, 0.15) is 11.1 Å². The second-order valence-electron chi connectivity index (χ2n) is 8.19. The second-order valence-corrected chi connectivity index (χ2v) is 11.0. The van der Waals surface area contributed by atoms with Crippen molar-refractivity contribution in [2.75, 3.05) is 5.73 Å². The summed E-state index contributed by atoms with van der Waals surface area (Å²) in [6.07, 6.45) is 0. The van der Waals surface area contributed by atoms with Gasteiger partial charge in [-0.1, -0.05) is 6.07 Å². The molecule has 0 aromatic heterocycles. The molecule has 0 aliphatic carbocycles. The van der Waals surface area contributed by atoms with Gasteiger partial charge in [-0.25, -0.2) is 0 Å². The lowest BCUT2D eigenvalue weighted by Gasteiger charge is -2.07. The van der Waals surface area contributed by atoms with E-state index in [1.165, 1.54) is 18.2 Å². The van der Waals surface area contributed by atoms with Crippen molar-refractivity contribution < 1.29 is 25.9 Å². The van der Waals surface area contributed by atoms with Crippen LogP contribution >= 0.6 is 0 Å². The Morgan fingerprint density at radius 1 is 0.649 bits per heavy atom. The minimum absolute atomic E-state index is 0.0109.